The standard InChI is InChI=1S/C22H24N2O4S/c1-15(2)17-9-8-16(3)19(12-17)27-14-22(26)28-13-21(25)24-18-6-4-5-7-20(18)29-11-10-23/h4-9,12,15H,11,13-14H2,1-3H3,(H,24,25). The van der Waals surface area contributed by atoms with Gasteiger partial charge in [0.25, 0.3) is 5.91 Å². The number of aryl methyl sites for hydroxylation is 1. The van der Waals surface area contributed by atoms with E-state index in [4.69, 9.17) is 14.7 Å². The van der Waals surface area contributed by atoms with Gasteiger partial charge in [0.1, 0.15) is 5.75 Å². The number of rotatable bonds is 9. The number of carbonyl (C=O) groups is 2. The highest BCUT2D eigenvalue weighted by molar-refractivity contribution is 7.99. The quantitative estimate of drug-likeness (QED) is 0.488. The van der Waals surface area contributed by atoms with Crippen LogP contribution in [0.25, 0.3) is 0 Å². The number of nitrogens with one attached hydrogen (secondary N) is 1. The third-order valence-corrected chi connectivity index (χ3v) is 4.98. The lowest BCUT2D eigenvalue weighted by Gasteiger charge is -2.13. The van der Waals surface area contributed by atoms with Gasteiger partial charge in [-0.3, -0.25) is 4.79 Å². The van der Waals surface area contributed by atoms with Crippen LogP contribution in [0.2, 0.25) is 0 Å². The van der Waals surface area contributed by atoms with Crippen molar-refractivity contribution in [1.82, 2.24) is 0 Å². The summed E-state index contributed by atoms with van der Waals surface area (Å²) in [7, 11) is 0. The molecule has 0 saturated carbocycles. The first-order chi connectivity index (χ1) is 13.9. The average Bonchev–Trinajstić information content (AvgIpc) is 2.70. The molecule has 29 heavy (non-hydrogen) atoms. The molecule has 0 aliphatic heterocycles. The minimum atomic E-state index is -0.623. The largest absolute Gasteiger partial charge is 0.482 e. The number of ether oxygens (including phenoxy) is 2. The second-order valence-electron chi connectivity index (χ2n) is 6.62. The van der Waals surface area contributed by atoms with Crippen LogP contribution in [-0.2, 0) is 14.3 Å². The van der Waals surface area contributed by atoms with Gasteiger partial charge < -0.3 is 14.8 Å². The van der Waals surface area contributed by atoms with Crippen molar-refractivity contribution in [3.05, 3.63) is 53.6 Å². The van der Waals surface area contributed by atoms with Crippen LogP contribution in [0, 0.1) is 18.3 Å². The van der Waals surface area contributed by atoms with Crippen LogP contribution in [0.3, 0.4) is 0 Å². The fourth-order valence-electron chi connectivity index (χ4n) is 2.45. The molecule has 2 rings (SSSR count). The third-order valence-electron chi connectivity index (χ3n) is 4.04. The zero-order chi connectivity index (χ0) is 21.2. The fourth-order valence-corrected chi connectivity index (χ4v) is 3.12. The van der Waals surface area contributed by atoms with Gasteiger partial charge in [-0.2, -0.15) is 5.26 Å². The van der Waals surface area contributed by atoms with Crippen molar-refractivity contribution in [2.75, 3.05) is 24.3 Å². The molecule has 1 N–H and O–H groups in total. The molecule has 0 atom stereocenters. The summed E-state index contributed by atoms with van der Waals surface area (Å²) in [6.45, 7) is 5.38. The van der Waals surface area contributed by atoms with E-state index in [1.165, 1.54) is 11.8 Å². The minimum Gasteiger partial charge on any atom is -0.482 e. The summed E-state index contributed by atoms with van der Waals surface area (Å²) in [5.41, 5.74) is 2.61. The van der Waals surface area contributed by atoms with Gasteiger partial charge in [-0.15, -0.1) is 11.8 Å². The Hall–Kier alpha value is -2.98. The molecule has 0 aliphatic rings. The van der Waals surface area contributed by atoms with Crippen LogP contribution in [0.4, 0.5) is 5.69 Å². The molecule has 0 heterocycles. The van der Waals surface area contributed by atoms with E-state index in [2.05, 4.69) is 19.2 Å². The van der Waals surface area contributed by atoms with Crippen LogP contribution in [0.15, 0.2) is 47.4 Å². The van der Waals surface area contributed by atoms with Crippen LogP contribution in [0.5, 0.6) is 5.75 Å². The fraction of sp³-hybridized carbons (Fsp3) is 0.318. The van der Waals surface area contributed by atoms with Gasteiger partial charge in [-0.1, -0.05) is 38.1 Å². The number of benzene rings is 2. The number of nitrogens with zero attached hydrogens (tertiary/aromatic N) is 1. The molecule has 0 radical (unpaired) electrons. The van der Waals surface area contributed by atoms with Gasteiger partial charge in [0, 0.05) is 4.90 Å². The first kappa shape index (κ1) is 22.3. The number of amides is 1. The summed E-state index contributed by atoms with van der Waals surface area (Å²) in [6.07, 6.45) is 0. The van der Waals surface area contributed by atoms with Crippen molar-refractivity contribution >= 4 is 29.3 Å². The lowest BCUT2D eigenvalue weighted by Crippen LogP contribution is -2.24. The zero-order valence-electron chi connectivity index (χ0n) is 16.7. The highest BCUT2D eigenvalue weighted by atomic mass is 32.2. The Bertz CT molecular complexity index is 906. The predicted octanol–water partition coefficient (Wildman–Crippen LogP) is 4.29. The van der Waals surface area contributed by atoms with Gasteiger partial charge in [-0.25, -0.2) is 4.79 Å². The number of thioether (sulfide) groups is 1. The van der Waals surface area contributed by atoms with E-state index in [0.717, 1.165) is 16.0 Å². The third kappa shape index (κ3) is 7.16. The lowest BCUT2D eigenvalue weighted by molar-refractivity contribution is -0.149. The zero-order valence-corrected chi connectivity index (χ0v) is 17.5. The Morgan fingerprint density at radius 1 is 1.17 bits per heavy atom. The van der Waals surface area contributed by atoms with Gasteiger partial charge in [0.2, 0.25) is 0 Å². The summed E-state index contributed by atoms with van der Waals surface area (Å²) in [5, 5.41) is 11.4. The van der Waals surface area contributed by atoms with E-state index in [9.17, 15) is 9.59 Å². The molecule has 0 unspecified atom stereocenters. The molecule has 2 aromatic rings. The molecule has 1 amide bonds. The maximum Gasteiger partial charge on any atom is 0.344 e. The monoisotopic (exact) mass is 412 g/mol. The van der Waals surface area contributed by atoms with Crippen LogP contribution < -0.4 is 10.1 Å². The number of esters is 1. The molecule has 0 saturated heterocycles. The number of nitriles is 1. The summed E-state index contributed by atoms with van der Waals surface area (Å²) in [4.78, 5) is 24.8. The molecular weight excluding hydrogens is 388 g/mol. The first-order valence-electron chi connectivity index (χ1n) is 9.18. The maximum atomic E-state index is 12.1. The van der Waals surface area contributed by atoms with E-state index in [1.807, 2.05) is 43.3 Å². The summed E-state index contributed by atoms with van der Waals surface area (Å²) < 4.78 is 10.6. The van der Waals surface area contributed by atoms with E-state index in [1.54, 1.807) is 12.1 Å². The molecule has 0 fully saturated rings. The highest BCUT2D eigenvalue weighted by Gasteiger charge is 2.12. The van der Waals surface area contributed by atoms with Crippen LogP contribution >= 0.6 is 11.8 Å². The summed E-state index contributed by atoms with van der Waals surface area (Å²) >= 11 is 1.32. The van der Waals surface area contributed by atoms with Crippen molar-refractivity contribution < 1.29 is 19.1 Å². The number of hydrogen-bond acceptors (Lipinski definition) is 6. The Labute approximate surface area is 175 Å². The Morgan fingerprint density at radius 3 is 2.66 bits per heavy atom. The molecule has 0 aromatic heterocycles. The molecule has 0 spiro atoms. The second kappa shape index (κ2) is 11.1. The minimum absolute atomic E-state index is 0.274. The Balaban J connectivity index is 1.83. The van der Waals surface area contributed by atoms with Gasteiger partial charge >= 0.3 is 5.97 Å². The normalized spacial score (nSPS) is 10.3. The SMILES string of the molecule is Cc1ccc(C(C)C)cc1OCC(=O)OCC(=O)Nc1ccccc1SCC#N. The second-order valence-corrected chi connectivity index (χ2v) is 7.64. The number of para-hydroxylation sites is 1. The predicted molar refractivity (Wildman–Crippen MR) is 113 cm³/mol. The molecule has 2 aromatic carbocycles. The molecule has 6 nitrogen and oxygen atoms in total. The molecular formula is C22H24N2O4S. The molecule has 7 heteroatoms. The number of anilines is 1. The maximum absolute atomic E-state index is 12.1. The van der Waals surface area contributed by atoms with Crippen molar-refractivity contribution in [3.63, 3.8) is 0 Å². The van der Waals surface area contributed by atoms with Crippen LogP contribution in [0.1, 0.15) is 30.9 Å². The van der Waals surface area contributed by atoms with E-state index < -0.39 is 18.5 Å². The molecule has 0 aliphatic carbocycles. The number of carbonyl (C=O) groups excluding carboxylic acids is 2. The van der Waals surface area contributed by atoms with Crippen molar-refractivity contribution in [1.29, 1.82) is 5.26 Å². The number of hydrogen-bond donors (Lipinski definition) is 1. The molecule has 0 bridgehead atoms. The Kier molecular flexibility index (Phi) is 8.56. The van der Waals surface area contributed by atoms with Gasteiger partial charge in [0.15, 0.2) is 13.2 Å². The van der Waals surface area contributed by atoms with Gasteiger partial charge in [0.05, 0.1) is 17.5 Å². The lowest BCUT2D eigenvalue weighted by atomic mass is 10.0. The van der Waals surface area contributed by atoms with Crippen LogP contribution in [-0.4, -0.2) is 30.8 Å². The average molecular weight is 413 g/mol. The van der Waals surface area contributed by atoms with E-state index >= 15 is 0 Å². The topological polar surface area (TPSA) is 88.4 Å². The summed E-state index contributed by atoms with van der Waals surface area (Å²) in [5.74, 6) is 0.170. The Morgan fingerprint density at radius 2 is 1.93 bits per heavy atom. The van der Waals surface area contributed by atoms with Crippen molar-refractivity contribution in [2.45, 2.75) is 31.6 Å². The smallest absolute Gasteiger partial charge is 0.344 e. The first-order valence-corrected chi connectivity index (χ1v) is 10.2. The molecule has 152 valence electrons. The van der Waals surface area contributed by atoms with Gasteiger partial charge in [-0.05, 0) is 42.2 Å². The van der Waals surface area contributed by atoms with Crippen molar-refractivity contribution in [2.24, 2.45) is 0 Å². The summed E-state index contributed by atoms with van der Waals surface area (Å²) in [6, 6.07) is 15.1. The highest BCUT2D eigenvalue weighted by Crippen LogP contribution is 2.26. The van der Waals surface area contributed by atoms with Crippen molar-refractivity contribution in [3.8, 4) is 11.8 Å². The van der Waals surface area contributed by atoms with E-state index in [-0.39, 0.29) is 12.4 Å². The van der Waals surface area contributed by atoms with E-state index in [0.29, 0.717) is 17.4 Å².